The van der Waals surface area contributed by atoms with Gasteiger partial charge in [0.2, 0.25) is 0 Å². The molecule has 37 heavy (non-hydrogen) atoms. The molecule has 0 spiro atoms. The highest BCUT2D eigenvalue weighted by atomic mass is 35.5. The number of allylic oxidation sites excluding steroid dienone is 1. The first-order chi connectivity index (χ1) is 17.5. The quantitative estimate of drug-likeness (QED) is 0.451. The number of rotatable bonds is 3. The summed E-state index contributed by atoms with van der Waals surface area (Å²) in [4.78, 5) is 15.2. The second-order valence-electron chi connectivity index (χ2n) is 8.06. The maximum absolute atomic E-state index is 14.0. The van der Waals surface area contributed by atoms with Gasteiger partial charge < -0.3 is 14.2 Å². The van der Waals surface area contributed by atoms with E-state index in [0.29, 0.717) is 23.5 Å². The Morgan fingerprint density at radius 3 is 2.59 bits per heavy atom. The zero-order valence-electron chi connectivity index (χ0n) is 20.6. The summed E-state index contributed by atoms with van der Waals surface area (Å²) in [5, 5.41) is 9.68. The fourth-order valence-corrected chi connectivity index (χ4v) is 4.35. The monoisotopic (exact) mass is 535 g/mol. The molecule has 2 aliphatic heterocycles. The average Bonchev–Trinajstić information content (AvgIpc) is 3.00. The fraction of sp³-hybridized carbons (Fsp3) is 0.346. The lowest BCUT2D eigenvalue weighted by Crippen LogP contribution is -2.42. The second-order valence-corrected chi connectivity index (χ2v) is 8.44. The van der Waals surface area contributed by atoms with Crippen molar-refractivity contribution in [1.29, 1.82) is 5.26 Å². The normalized spacial score (nSPS) is 16.8. The third-order valence-corrected chi connectivity index (χ3v) is 5.96. The zero-order chi connectivity index (χ0) is 27.3. The highest BCUT2D eigenvalue weighted by Gasteiger charge is 2.45. The fourth-order valence-electron chi connectivity index (χ4n) is 4.05. The smallest absolute Gasteiger partial charge is 0.431 e. The van der Waals surface area contributed by atoms with Gasteiger partial charge in [-0.1, -0.05) is 23.7 Å². The minimum Gasteiger partial charge on any atom is -0.495 e. The predicted molar refractivity (Wildman–Crippen MR) is 133 cm³/mol. The van der Waals surface area contributed by atoms with Gasteiger partial charge in [-0.25, -0.2) is 0 Å². The number of nitriles is 1. The molecule has 0 radical (unpaired) electrons. The first kappa shape index (κ1) is 28.0. The van der Waals surface area contributed by atoms with Crippen molar-refractivity contribution in [2.24, 2.45) is 4.99 Å². The number of ether oxygens (including phenoxy) is 3. The Labute approximate surface area is 217 Å². The van der Waals surface area contributed by atoms with Crippen LogP contribution in [0.15, 0.2) is 52.7 Å². The number of aliphatic imine (C=N–C) groups is 1. The number of anilines is 1. The molecule has 0 aromatic heterocycles. The molecule has 196 valence electrons. The highest BCUT2D eigenvalue weighted by Crippen LogP contribution is 2.45. The van der Waals surface area contributed by atoms with Crippen molar-refractivity contribution < 1.29 is 32.2 Å². The van der Waals surface area contributed by atoms with Gasteiger partial charge in [0, 0.05) is 18.1 Å². The number of nitrogens with zero attached hydrogens (tertiary/aromatic N) is 3. The molecule has 0 saturated carbocycles. The number of carbonyl (C=O) groups excluding carboxylic acids is 1. The minimum atomic E-state index is -4.59. The van der Waals surface area contributed by atoms with E-state index >= 15 is 0 Å². The van der Waals surface area contributed by atoms with E-state index in [4.69, 9.17) is 21.1 Å². The van der Waals surface area contributed by atoms with Gasteiger partial charge in [-0.15, -0.1) is 0 Å². The van der Waals surface area contributed by atoms with E-state index in [9.17, 15) is 23.2 Å². The molecule has 0 N–H and O–H groups in total. The molecule has 11 heteroatoms. The molecule has 0 aliphatic carbocycles. The summed E-state index contributed by atoms with van der Waals surface area (Å²) in [5.74, 6) is 0.342. The lowest BCUT2D eigenvalue weighted by atomic mass is 9.96. The largest absolute Gasteiger partial charge is 0.495 e. The van der Waals surface area contributed by atoms with Crippen LogP contribution in [0.3, 0.4) is 0 Å². The van der Waals surface area contributed by atoms with Crippen LogP contribution in [0.5, 0.6) is 5.75 Å². The van der Waals surface area contributed by atoms with Crippen molar-refractivity contribution in [3.63, 3.8) is 0 Å². The number of fused-ring (bicyclic) bond motifs is 3. The number of benzene rings is 2. The van der Waals surface area contributed by atoms with Crippen LogP contribution in [0.4, 0.5) is 18.9 Å². The summed E-state index contributed by atoms with van der Waals surface area (Å²) >= 11 is 6.51. The molecule has 0 fully saturated rings. The van der Waals surface area contributed by atoms with Crippen molar-refractivity contribution in [2.45, 2.75) is 33.1 Å². The molecule has 0 saturated heterocycles. The van der Waals surface area contributed by atoms with Gasteiger partial charge in [0.05, 0.1) is 42.6 Å². The summed E-state index contributed by atoms with van der Waals surface area (Å²) < 4.78 is 57.8. The van der Waals surface area contributed by atoms with E-state index in [1.54, 1.807) is 25.1 Å². The van der Waals surface area contributed by atoms with Crippen molar-refractivity contribution in [3.05, 3.63) is 69.4 Å². The predicted octanol–water partition coefficient (Wildman–Crippen LogP) is 5.96. The third-order valence-electron chi connectivity index (χ3n) is 5.56. The van der Waals surface area contributed by atoms with E-state index in [2.05, 4.69) is 9.73 Å². The zero-order valence-corrected chi connectivity index (χ0v) is 21.4. The van der Waals surface area contributed by atoms with E-state index in [-0.39, 0.29) is 46.8 Å². The first-order valence-corrected chi connectivity index (χ1v) is 11.6. The second kappa shape index (κ2) is 11.7. The molecule has 7 nitrogen and oxygen atoms in total. The van der Waals surface area contributed by atoms with Gasteiger partial charge in [-0.05, 0) is 43.7 Å². The maximum atomic E-state index is 14.0. The molecular formula is C26H25ClF3N3O4. The number of hydrogen-bond donors (Lipinski definition) is 0. The van der Waals surface area contributed by atoms with Crippen molar-refractivity contribution in [1.82, 2.24) is 0 Å². The summed E-state index contributed by atoms with van der Waals surface area (Å²) in [6.45, 7) is 4.83. The topological polar surface area (TPSA) is 84.2 Å². The Hall–Kier alpha value is -3.55. The molecule has 2 heterocycles. The van der Waals surface area contributed by atoms with Crippen LogP contribution in [0.2, 0.25) is 5.02 Å². The number of hydrogen-bond acceptors (Lipinski definition) is 7. The molecule has 0 amide bonds. The molecule has 2 aliphatic rings. The average molecular weight is 536 g/mol. The Bertz CT molecular complexity index is 1280. The SMILES string of the molecule is CCOC(C)=O.COc1cccc([C@H]2OCC3=NCC(C)=C(C(F)(F)F)N3c3ccc(C#N)cc32)c1Cl. The number of esters is 1. The number of halogens is 4. The van der Waals surface area contributed by atoms with Gasteiger partial charge in [-0.2, -0.15) is 18.4 Å². The van der Waals surface area contributed by atoms with Crippen LogP contribution in [0, 0.1) is 11.3 Å². The minimum absolute atomic E-state index is 0.0692. The Kier molecular flexibility index (Phi) is 8.84. The molecule has 0 bridgehead atoms. The molecule has 2 aromatic carbocycles. The number of methoxy groups -OCH3 is 1. The van der Waals surface area contributed by atoms with Crippen LogP contribution in [-0.4, -0.2) is 44.8 Å². The standard InChI is InChI=1S/C22H17ClF3N3O2.C4H8O2/c1-12-10-28-18-11-31-20(14-4-3-5-17(30-2)19(14)23)15-8-13(9-27)6-7-16(15)29(18)21(12)22(24,25)26;1-3-6-4(2)5/h3-8,20H,10-11H2,1-2H3;3H2,1-2H3/t20-;/m1./s1. The number of alkyl halides is 3. The van der Waals surface area contributed by atoms with E-state index in [1.807, 2.05) is 6.07 Å². The summed E-state index contributed by atoms with van der Waals surface area (Å²) in [6.07, 6.45) is -5.42. The van der Waals surface area contributed by atoms with Crippen LogP contribution in [0.1, 0.15) is 43.6 Å². The van der Waals surface area contributed by atoms with Gasteiger partial charge in [0.1, 0.15) is 30.0 Å². The Balaban J connectivity index is 0.000000568. The van der Waals surface area contributed by atoms with Crippen LogP contribution >= 0.6 is 11.6 Å². The third kappa shape index (κ3) is 6.06. The molecule has 0 unspecified atom stereocenters. The number of carbonyl (C=O) groups is 1. The maximum Gasteiger partial charge on any atom is 0.431 e. The van der Waals surface area contributed by atoms with Crippen molar-refractivity contribution in [2.75, 3.05) is 31.8 Å². The Morgan fingerprint density at radius 1 is 1.30 bits per heavy atom. The van der Waals surface area contributed by atoms with Crippen LogP contribution in [-0.2, 0) is 14.3 Å². The van der Waals surface area contributed by atoms with E-state index in [0.717, 1.165) is 4.90 Å². The van der Waals surface area contributed by atoms with Gasteiger partial charge >= 0.3 is 12.1 Å². The lowest BCUT2D eigenvalue weighted by Gasteiger charge is -2.33. The first-order valence-electron chi connectivity index (χ1n) is 11.2. The summed E-state index contributed by atoms with van der Waals surface area (Å²) in [5.41, 5.74) is 0.750. The number of amidine groups is 1. The summed E-state index contributed by atoms with van der Waals surface area (Å²) in [7, 11) is 1.47. The van der Waals surface area contributed by atoms with E-state index < -0.39 is 18.0 Å². The summed E-state index contributed by atoms with van der Waals surface area (Å²) in [6, 6.07) is 11.6. The molecule has 1 atom stereocenters. The van der Waals surface area contributed by atoms with Crippen molar-refractivity contribution in [3.8, 4) is 11.8 Å². The van der Waals surface area contributed by atoms with Gasteiger partial charge in [0.15, 0.2) is 0 Å². The Morgan fingerprint density at radius 2 is 2.03 bits per heavy atom. The van der Waals surface area contributed by atoms with Gasteiger partial charge in [-0.3, -0.25) is 14.7 Å². The van der Waals surface area contributed by atoms with Crippen LogP contribution in [0.25, 0.3) is 0 Å². The van der Waals surface area contributed by atoms with E-state index in [1.165, 1.54) is 39.2 Å². The van der Waals surface area contributed by atoms with Crippen molar-refractivity contribution >= 4 is 29.1 Å². The molecule has 2 aromatic rings. The molecular weight excluding hydrogens is 511 g/mol. The molecule has 4 rings (SSSR count). The van der Waals surface area contributed by atoms with Gasteiger partial charge in [0.25, 0.3) is 0 Å². The van der Waals surface area contributed by atoms with Crippen LogP contribution < -0.4 is 9.64 Å². The highest BCUT2D eigenvalue weighted by molar-refractivity contribution is 6.33. The lowest BCUT2D eigenvalue weighted by molar-refractivity contribution is -0.140.